The van der Waals surface area contributed by atoms with Crippen LogP contribution in [-0.4, -0.2) is 35.3 Å². The Morgan fingerprint density at radius 3 is 2.32 bits per heavy atom. The molecule has 5 heteroatoms. The van der Waals surface area contributed by atoms with Crippen molar-refractivity contribution in [2.75, 3.05) is 11.5 Å². The maximum atomic E-state index is 13.2. The second kappa shape index (κ2) is 7.39. The van der Waals surface area contributed by atoms with E-state index in [4.69, 9.17) is 4.43 Å². The van der Waals surface area contributed by atoms with Crippen molar-refractivity contribution in [3.8, 4) is 0 Å². The summed E-state index contributed by atoms with van der Waals surface area (Å²) in [5, 5.41) is 0. The van der Waals surface area contributed by atoms with Crippen LogP contribution in [0.4, 0.5) is 0 Å². The Balaban J connectivity index is 1.46. The Hall–Kier alpha value is 0.287. The van der Waals surface area contributed by atoms with E-state index >= 15 is 0 Å². The molecule has 31 heavy (non-hydrogen) atoms. The third kappa shape index (κ3) is 3.33. The molecule has 2 nitrogen and oxygen atoms in total. The molecule has 3 unspecified atom stereocenters. The van der Waals surface area contributed by atoms with Gasteiger partial charge in [0.25, 0.3) is 0 Å². The first-order valence-corrected chi connectivity index (χ1v) is 18.0. The van der Waals surface area contributed by atoms with Crippen LogP contribution in [0.2, 0.25) is 19.6 Å². The van der Waals surface area contributed by atoms with E-state index < -0.39 is 13.9 Å². The van der Waals surface area contributed by atoms with Crippen molar-refractivity contribution in [3.63, 3.8) is 0 Å². The molecule has 0 aromatic heterocycles. The highest BCUT2D eigenvalue weighted by Gasteiger charge is 2.67. The fraction of sp³-hybridized carbons (Fsp3) is 0.885. The van der Waals surface area contributed by atoms with Crippen molar-refractivity contribution in [1.82, 2.24) is 0 Å². The van der Waals surface area contributed by atoms with Gasteiger partial charge in [-0.15, -0.1) is 23.5 Å². The fourth-order valence-electron chi connectivity index (χ4n) is 8.72. The maximum absolute atomic E-state index is 13.2. The number of ketones is 1. The van der Waals surface area contributed by atoms with Crippen molar-refractivity contribution < 1.29 is 9.22 Å². The highest BCUT2D eigenvalue weighted by molar-refractivity contribution is 8.21. The molecule has 3 saturated carbocycles. The number of carbonyl (C=O) groups excluding carboxylic acids is 1. The Labute approximate surface area is 199 Å². The van der Waals surface area contributed by atoms with Crippen LogP contribution in [0.15, 0.2) is 11.6 Å². The topological polar surface area (TPSA) is 26.3 Å². The van der Waals surface area contributed by atoms with Gasteiger partial charge >= 0.3 is 0 Å². The summed E-state index contributed by atoms with van der Waals surface area (Å²) in [4.78, 5) is 13.2. The van der Waals surface area contributed by atoms with Crippen molar-refractivity contribution in [1.29, 1.82) is 0 Å². The van der Waals surface area contributed by atoms with E-state index in [0.717, 1.165) is 18.3 Å². The quantitative estimate of drug-likeness (QED) is 0.314. The number of allylic oxidation sites excluding steroid dienone is 1. The Morgan fingerprint density at radius 2 is 1.68 bits per heavy atom. The number of thioether (sulfide) groups is 2. The van der Waals surface area contributed by atoms with E-state index in [2.05, 4.69) is 63.1 Å². The lowest BCUT2D eigenvalue weighted by Crippen LogP contribution is -2.60. The van der Waals surface area contributed by atoms with Gasteiger partial charge in [0.2, 0.25) is 0 Å². The fourth-order valence-corrected chi connectivity index (χ4v) is 13.4. The molecule has 1 heterocycles. The molecule has 4 aliphatic carbocycles. The minimum atomic E-state index is -1.82. The molecule has 0 radical (unpaired) electrons. The second-order valence-electron chi connectivity index (χ2n) is 12.6. The maximum Gasteiger partial charge on any atom is 0.185 e. The van der Waals surface area contributed by atoms with Crippen LogP contribution in [0.5, 0.6) is 0 Å². The number of Topliss-reactive ketones (excluding diaryl/α,β-unsaturated/α-hetero) is 1. The van der Waals surface area contributed by atoms with Gasteiger partial charge in [-0.2, -0.15) is 0 Å². The molecule has 0 amide bonds. The second-order valence-corrected chi connectivity index (χ2v) is 20.1. The summed E-state index contributed by atoms with van der Waals surface area (Å²) >= 11 is 4.42. The Morgan fingerprint density at radius 1 is 1.00 bits per heavy atom. The van der Waals surface area contributed by atoms with Gasteiger partial charge in [0.15, 0.2) is 14.1 Å². The smallest absolute Gasteiger partial charge is 0.185 e. The predicted molar refractivity (Wildman–Crippen MR) is 137 cm³/mol. The van der Waals surface area contributed by atoms with Gasteiger partial charge in [-0.05, 0) is 101 Å². The molecule has 5 rings (SSSR count). The van der Waals surface area contributed by atoms with Crippen molar-refractivity contribution in [2.24, 2.45) is 28.6 Å². The molecule has 0 bridgehead atoms. The molecule has 0 N–H and O–H groups in total. The van der Waals surface area contributed by atoms with Gasteiger partial charge in [-0.3, -0.25) is 4.79 Å². The van der Waals surface area contributed by atoms with Crippen molar-refractivity contribution in [2.45, 2.75) is 101 Å². The summed E-state index contributed by atoms with van der Waals surface area (Å²) in [7, 11) is -1.82. The zero-order chi connectivity index (χ0) is 22.3. The summed E-state index contributed by atoms with van der Waals surface area (Å²) in [6.45, 7) is 13.7. The zero-order valence-corrected chi connectivity index (χ0v) is 23.1. The largest absolute Gasteiger partial charge is 0.405 e. The van der Waals surface area contributed by atoms with Crippen molar-refractivity contribution >= 4 is 37.6 Å². The minimum absolute atomic E-state index is 0.0188. The van der Waals surface area contributed by atoms with E-state index in [9.17, 15) is 4.79 Å². The summed E-state index contributed by atoms with van der Waals surface area (Å²) in [5.74, 6) is 5.16. The number of fused-ring (bicyclic) bond motifs is 5. The molecule has 5 aliphatic rings. The van der Waals surface area contributed by atoms with Crippen LogP contribution in [0.3, 0.4) is 0 Å². The molecule has 6 atom stereocenters. The van der Waals surface area contributed by atoms with Crippen LogP contribution >= 0.6 is 23.5 Å². The summed E-state index contributed by atoms with van der Waals surface area (Å²) < 4.78 is 7.26. The molecule has 0 aromatic carbocycles. The average Bonchev–Trinajstić information content (AvgIpc) is 3.25. The van der Waals surface area contributed by atoms with Gasteiger partial charge in [0, 0.05) is 16.9 Å². The van der Waals surface area contributed by atoms with E-state index in [0.29, 0.717) is 21.2 Å². The predicted octanol–water partition coefficient (Wildman–Crippen LogP) is 7.30. The monoisotopic (exact) mass is 478 g/mol. The SMILES string of the molecule is CC(=O)[C@@]1(O[Si](C)(C)C)CCC2C3CCC4=CC5(CC[C@]4(C)C3CC[C@@]21C)SCCS5. The normalized spacial score (nSPS) is 46.3. The molecular weight excluding hydrogens is 437 g/mol. The summed E-state index contributed by atoms with van der Waals surface area (Å²) in [6, 6.07) is 0. The zero-order valence-electron chi connectivity index (χ0n) is 20.5. The molecule has 1 saturated heterocycles. The van der Waals surface area contributed by atoms with Gasteiger partial charge in [-0.25, -0.2) is 0 Å². The van der Waals surface area contributed by atoms with Crippen LogP contribution in [0.25, 0.3) is 0 Å². The first-order chi connectivity index (χ1) is 14.4. The van der Waals surface area contributed by atoms with Gasteiger partial charge < -0.3 is 4.43 Å². The highest BCUT2D eigenvalue weighted by atomic mass is 32.2. The third-order valence-corrected chi connectivity index (χ3v) is 14.4. The first-order valence-electron chi connectivity index (χ1n) is 12.7. The number of rotatable bonds is 3. The number of hydrogen-bond donors (Lipinski definition) is 0. The Bertz CT molecular complexity index is 798. The van der Waals surface area contributed by atoms with E-state index in [1.54, 1.807) is 5.57 Å². The minimum Gasteiger partial charge on any atom is -0.405 e. The summed E-state index contributed by atoms with van der Waals surface area (Å²) in [5.41, 5.74) is 1.67. The molecule has 174 valence electrons. The molecule has 1 spiro atoms. The van der Waals surface area contributed by atoms with Crippen LogP contribution in [-0.2, 0) is 9.22 Å². The highest BCUT2D eigenvalue weighted by Crippen LogP contribution is 2.70. The lowest BCUT2D eigenvalue weighted by atomic mass is 9.46. The number of carbonyl (C=O) groups is 1. The first kappa shape index (κ1) is 23.0. The van der Waals surface area contributed by atoms with E-state index in [-0.39, 0.29) is 5.41 Å². The molecular formula is C26H42O2S2Si. The third-order valence-electron chi connectivity index (χ3n) is 10.1. The Kier molecular flexibility index (Phi) is 5.49. The van der Waals surface area contributed by atoms with Crippen LogP contribution in [0.1, 0.15) is 72.1 Å². The van der Waals surface area contributed by atoms with E-state index in [1.807, 2.05) is 6.92 Å². The molecule has 1 aliphatic heterocycles. The van der Waals surface area contributed by atoms with Gasteiger partial charge in [-0.1, -0.05) is 25.5 Å². The van der Waals surface area contributed by atoms with Crippen LogP contribution < -0.4 is 0 Å². The van der Waals surface area contributed by atoms with Crippen molar-refractivity contribution in [3.05, 3.63) is 11.6 Å². The lowest BCUT2D eigenvalue weighted by Gasteiger charge is -2.60. The van der Waals surface area contributed by atoms with Gasteiger partial charge in [0.05, 0.1) is 4.08 Å². The van der Waals surface area contributed by atoms with Crippen LogP contribution in [0, 0.1) is 28.6 Å². The summed E-state index contributed by atoms with van der Waals surface area (Å²) in [6.07, 6.45) is 12.7. The molecule has 0 aromatic rings. The van der Waals surface area contributed by atoms with Gasteiger partial charge in [0.1, 0.15) is 5.60 Å². The van der Waals surface area contributed by atoms with E-state index in [1.165, 1.54) is 56.5 Å². The number of hydrogen-bond acceptors (Lipinski definition) is 4. The standard InChI is InChI=1S/C26H42O2S2Si/c1-18(27)26(28-31(4,5)6)12-10-22-20-8-7-19-17-25(29-15-16-30-25)14-13-23(19,2)21(20)9-11-24(22,26)3/h17,20-22H,7-16H2,1-6H3/t20?,21?,22?,23-,24-,26-/m0/s1. The lowest BCUT2D eigenvalue weighted by molar-refractivity contribution is -0.155. The average molecular weight is 479 g/mol. The molecule has 4 fully saturated rings.